The lowest BCUT2D eigenvalue weighted by molar-refractivity contribution is -0.383. The number of nitrogens with zero attached hydrogens (tertiary/aromatic N) is 3. The van der Waals surface area contributed by atoms with Crippen molar-refractivity contribution in [2.45, 2.75) is 19.4 Å². The second kappa shape index (κ2) is 3.41. The van der Waals surface area contributed by atoms with Crippen LogP contribution in [-0.2, 0) is 0 Å². The molecule has 0 bridgehead atoms. The molecule has 0 aliphatic heterocycles. The highest BCUT2D eigenvalue weighted by Gasteiger charge is 2.33. The topological polar surface area (TPSA) is 94.1 Å². The summed E-state index contributed by atoms with van der Waals surface area (Å²) < 4.78 is 4.58. The first kappa shape index (κ1) is 10.0. The number of non-ortho nitro benzene ring substituents is 1. The van der Waals surface area contributed by atoms with Crippen LogP contribution in [0, 0.1) is 16.0 Å². The number of fused-ring (bicyclic) bond motifs is 1. The Balaban J connectivity index is 2.05. The number of hydrogen-bond donors (Lipinski definition) is 1. The fraction of sp³-hybridized carbons (Fsp3) is 0.400. The molecule has 1 N–H and O–H groups in total. The molecule has 88 valence electrons. The van der Waals surface area contributed by atoms with E-state index in [0.29, 0.717) is 17.5 Å². The van der Waals surface area contributed by atoms with E-state index < -0.39 is 4.92 Å². The predicted molar refractivity (Wildman–Crippen MR) is 59.7 cm³/mol. The molecule has 17 heavy (non-hydrogen) atoms. The second-order valence-corrected chi connectivity index (χ2v) is 4.31. The van der Waals surface area contributed by atoms with E-state index >= 15 is 0 Å². The number of aromatic nitrogens is 2. The Bertz CT molecular complexity index is 594. The van der Waals surface area contributed by atoms with Gasteiger partial charge in [0.25, 0.3) is 0 Å². The van der Waals surface area contributed by atoms with Gasteiger partial charge in [0.15, 0.2) is 5.52 Å². The Morgan fingerprint density at radius 2 is 2.18 bits per heavy atom. The van der Waals surface area contributed by atoms with Crippen LogP contribution in [0.15, 0.2) is 16.8 Å². The molecule has 0 amide bonds. The standard InChI is InChI=1S/C10H10N4O3/c1-5-4-7(5)11-6-2-3-8(14(15)16)10-9(6)12-17-13-10/h2-3,5,7,11H,4H2,1H3. The zero-order chi connectivity index (χ0) is 12.0. The average molecular weight is 234 g/mol. The summed E-state index contributed by atoms with van der Waals surface area (Å²) in [5, 5.41) is 21.4. The van der Waals surface area contributed by atoms with Gasteiger partial charge in [0.05, 0.1) is 10.6 Å². The molecule has 7 heteroatoms. The minimum Gasteiger partial charge on any atom is -0.380 e. The van der Waals surface area contributed by atoms with Crippen molar-refractivity contribution in [3.8, 4) is 0 Å². The van der Waals surface area contributed by atoms with E-state index in [1.165, 1.54) is 6.07 Å². The summed E-state index contributed by atoms with van der Waals surface area (Å²) in [6, 6.07) is 3.48. The van der Waals surface area contributed by atoms with Gasteiger partial charge in [-0.2, -0.15) is 0 Å². The maximum Gasteiger partial charge on any atom is 0.300 e. The molecule has 1 fully saturated rings. The average Bonchev–Trinajstić information content (AvgIpc) is 2.80. The fourth-order valence-electron chi connectivity index (χ4n) is 1.84. The lowest BCUT2D eigenvalue weighted by atomic mass is 10.2. The SMILES string of the molecule is CC1CC1Nc1ccc([N+](=O)[O-])c2nonc12. The number of hydrogen-bond acceptors (Lipinski definition) is 6. The third-order valence-electron chi connectivity index (χ3n) is 3.04. The van der Waals surface area contributed by atoms with Crippen molar-refractivity contribution >= 4 is 22.4 Å². The lowest BCUT2D eigenvalue weighted by Crippen LogP contribution is -2.04. The third-order valence-corrected chi connectivity index (χ3v) is 3.04. The largest absolute Gasteiger partial charge is 0.380 e. The number of nitro groups is 1. The monoisotopic (exact) mass is 234 g/mol. The van der Waals surface area contributed by atoms with E-state index in [2.05, 4.69) is 27.2 Å². The van der Waals surface area contributed by atoms with Crippen LogP contribution in [0.5, 0.6) is 0 Å². The van der Waals surface area contributed by atoms with Gasteiger partial charge >= 0.3 is 5.69 Å². The number of rotatable bonds is 3. The van der Waals surface area contributed by atoms with Crippen molar-refractivity contribution in [1.82, 2.24) is 10.3 Å². The molecular weight excluding hydrogens is 224 g/mol. The van der Waals surface area contributed by atoms with Crippen LogP contribution >= 0.6 is 0 Å². The van der Waals surface area contributed by atoms with Gasteiger partial charge in [-0.3, -0.25) is 10.1 Å². The number of benzene rings is 1. The second-order valence-electron chi connectivity index (χ2n) is 4.31. The van der Waals surface area contributed by atoms with Gasteiger partial charge in [0, 0.05) is 12.1 Å². The zero-order valence-electron chi connectivity index (χ0n) is 9.08. The number of anilines is 1. The quantitative estimate of drug-likeness (QED) is 0.644. The summed E-state index contributed by atoms with van der Waals surface area (Å²) >= 11 is 0. The molecule has 1 aromatic carbocycles. The van der Waals surface area contributed by atoms with Crippen LogP contribution in [0.1, 0.15) is 13.3 Å². The summed E-state index contributed by atoms with van der Waals surface area (Å²) in [6.45, 7) is 2.14. The van der Waals surface area contributed by atoms with Gasteiger partial charge in [0.1, 0.15) is 0 Å². The van der Waals surface area contributed by atoms with Crippen LogP contribution in [0.4, 0.5) is 11.4 Å². The van der Waals surface area contributed by atoms with Gasteiger partial charge in [-0.25, -0.2) is 4.63 Å². The third kappa shape index (κ3) is 1.59. The van der Waals surface area contributed by atoms with Gasteiger partial charge in [-0.15, -0.1) is 0 Å². The summed E-state index contributed by atoms with van der Waals surface area (Å²) in [6.07, 6.45) is 1.10. The fourth-order valence-corrected chi connectivity index (χ4v) is 1.84. The molecule has 1 heterocycles. The summed E-state index contributed by atoms with van der Waals surface area (Å²) in [5.74, 6) is 0.625. The first-order chi connectivity index (χ1) is 8.16. The molecule has 0 spiro atoms. The Kier molecular flexibility index (Phi) is 2.01. The highest BCUT2D eigenvalue weighted by atomic mass is 16.6. The Morgan fingerprint density at radius 1 is 1.47 bits per heavy atom. The molecule has 1 aliphatic carbocycles. The molecule has 0 saturated heterocycles. The highest BCUT2D eigenvalue weighted by Crippen LogP contribution is 2.36. The molecule has 2 atom stereocenters. The molecule has 0 radical (unpaired) electrons. The molecule has 2 unspecified atom stereocenters. The Hall–Kier alpha value is -2.18. The van der Waals surface area contributed by atoms with Gasteiger partial charge < -0.3 is 5.32 Å². The minimum atomic E-state index is -0.490. The first-order valence-corrected chi connectivity index (χ1v) is 5.33. The lowest BCUT2D eigenvalue weighted by Gasteiger charge is -2.04. The molecule has 3 rings (SSSR count). The first-order valence-electron chi connectivity index (χ1n) is 5.33. The van der Waals surface area contributed by atoms with Crippen LogP contribution in [-0.4, -0.2) is 21.3 Å². The normalized spacial score (nSPS) is 22.6. The van der Waals surface area contributed by atoms with Crippen LogP contribution < -0.4 is 5.32 Å². The van der Waals surface area contributed by atoms with Crippen molar-refractivity contribution < 1.29 is 9.55 Å². The maximum absolute atomic E-state index is 10.8. The maximum atomic E-state index is 10.8. The molecule has 1 saturated carbocycles. The van der Waals surface area contributed by atoms with E-state index in [0.717, 1.165) is 12.1 Å². The van der Waals surface area contributed by atoms with Crippen molar-refractivity contribution in [2.24, 2.45) is 5.92 Å². The molecule has 1 aliphatic rings. The van der Waals surface area contributed by atoms with Gasteiger partial charge in [0.2, 0.25) is 5.52 Å². The Labute approximate surface area is 95.9 Å². The summed E-state index contributed by atoms with van der Waals surface area (Å²) in [4.78, 5) is 10.3. The van der Waals surface area contributed by atoms with E-state index in [1.54, 1.807) is 6.07 Å². The highest BCUT2D eigenvalue weighted by molar-refractivity contribution is 5.93. The minimum absolute atomic E-state index is 0.0874. The summed E-state index contributed by atoms with van der Waals surface area (Å²) in [5.41, 5.74) is 1.25. The smallest absolute Gasteiger partial charge is 0.300 e. The van der Waals surface area contributed by atoms with Gasteiger partial charge in [-0.1, -0.05) is 6.92 Å². The van der Waals surface area contributed by atoms with E-state index in [4.69, 9.17) is 0 Å². The van der Waals surface area contributed by atoms with Crippen molar-refractivity contribution in [3.05, 3.63) is 22.2 Å². The zero-order valence-corrected chi connectivity index (χ0v) is 9.08. The Morgan fingerprint density at radius 3 is 2.82 bits per heavy atom. The summed E-state index contributed by atoms with van der Waals surface area (Å²) in [7, 11) is 0. The molecule has 7 nitrogen and oxygen atoms in total. The molecular formula is C10H10N4O3. The van der Waals surface area contributed by atoms with Crippen LogP contribution in [0.25, 0.3) is 11.0 Å². The molecule has 2 aromatic rings. The van der Waals surface area contributed by atoms with E-state index in [1.807, 2.05) is 0 Å². The van der Waals surface area contributed by atoms with E-state index in [-0.39, 0.29) is 11.2 Å². The van der Waals surface area contributed by atoms with E-state index in [9.17, 15) is 10.1 Å². The number of nitro benzene ring substituents is 1. The van der Waals surface area contributed by atoms with Gasteiger partial charge in [-0.05, 0) is 28.7 Å². The van der Waals surface area contributed by atoms with Crippen molar-refractivity contribution in [2.75, 3.05) is 5.32 Å². The van der Waals surface area contributed by atoms with Crippen molar-refractivity contribution in [3.63, 3.8) is 0 Å². The van der Waals surface area contributed by atoms with Crippen LogP contribution in [0.2, 0.25) is 0 Å². The molecule has 1 aromatic heterocycles. The van der Waals surface area contributed by atoms with Crippen molar-refractivity contribution in [1.29, 1.82) is 0 Å². The van der Waals surface area contributed by atoms with Crippen LogP contribution in [0.3, 0.4) is 0 Å². The number of nitrogens with one attached hydrogen (secondary N) is 1. The predicted octanol–water partition coefficient (Wildman–Crippen LogP) is 1.95.